The highest BCUT2D eigenvalue weighted by molar-refractivity contribution is 5.74. The molecule has 0 saturated carbocycles. The van der Waals surface area contributed by atoms with E-state index in [1.54, 1.807) is 0 Å². The van der Waals surface area contributed by atoms with Gasteiger partial charge in [-0.15, -0.1) is 0 Å². The predicted molar refractivity (Wildman–Crippen MR) is 47.8 cm³/mol. The zero-order valence-electron chi connectivity index (χ0n) is 8.01. The molecule has 1 aliphatic rings. The number of hydrogen-bond donors (Lipinski definition) is 0. The van der Waals surface area contributed by atoms with Gasteiger partial charge in [-0.3, -0.25) is 4.79 Å². The Kier molecular flexibility index (Phi) is 3.57. The van der Waals surface area contributed by atoms with Crippen LogP contribution in [-0.2, 0) is 9.53 Å². The van der Waals surface area contributed by atoms with Crippen molar-refractivity contribution in [2.24, 2.45) is 5.92 Å². The molecule has 0 amide bonds. The molecule has 0 aromatic carbocycles. The van der Waals surface area contributed by atoms with Crippen molar-refractivity contribution in [3.05, 3.63) is 0 Å². The van der Waals surface area contributed by atoms with Crippen LogP contribution in [0.3, 0.4) is 0 Å². The van der Waals surface area contributed by atoms with Gasteiger partial charge < -0.3 is 4.74 Å². The van der Waals surface area contributed by atoms with Crippen LogP contribution in [0.25, 0.3) is 0 Å². The topological polar surface area (TPSA) is 26.3 Å². The summed E-state index contributed by atoms with van der Waals surface area (Å²) in [5.74, 6) is 0.213. The zero-order chi connectivity index (χ0) is 8.97. The van der Waals surface area contributed by atoms with E-state index >= 15 is 0 Å². The summed E-state index contributed by atoms with van der Waals surface area (Å²) in [5.41, 5.74) is 0. The Labute approximate surface area is 74.3 Å². The summed E-state index contributed by atoms with van der Waals surface area (Å²) in [4.78, 5) is 11.2. The van der Waals surface area contributed by atoms with Crippen molar-refractivity contribution in [2.75, 3.05) is 0 Å². The maximum Gasteiger partial charge on any atom is 0.309 e. The van der Waals surface area contributed by atoms with E-state index in [0.29, 0.717) is 0 Å². The van der Waals surface area contributed by atoms with E-state index in [2.05, 4.69) is 6.92 Å². The van der Waals surface area contributed by atoms with Gasteiger partial charge >= 0.3 is 5.97 Å². The summed E-state index contributed by atoms with van der Waals surface area (Å²) < 4.78 is 5.23. The van der Waals surface area contributed by atoms with E-state index in [4.69, 9.17) is 4.74 Å². The number of cyclic esters (lactones) is 1. The lowest BCUT2D eigenvalue weighted by Crippen LogP contribution is -2.06. The summed E-state index contributed by atoms with van der Waals surface area (Å²) in [6, 6.07) is 0. The molecule has 1 heterocycles. The fourth-order valence-electron chi connectivity index (χ4n) is 1.66. The van der Waals surface area contributed by atoms with Crippen molar-refractivity contribution in [2.45, 2.75) is 52.1 Å². The normalized spacial score (nSPS) is 29.0. The number of esters is 1. The van der Waals surface area contributed by atoms with Gasteiger partial charge in [0.2, 0.25) is 0 Å². The molecule has 0 spiro atoms. The highest BCUT2D eigenvalue weighted by atomic mass is 16.5. The average molecular weight is 170 g/mol. The molecule has 2 heteroatoms. The quantitative estimate of drug-likeness (QED) is 0.606. The van der Waals surface area contributed by atoms with Gasteiger partial charge in [-0.1, -0.05) is 26.7 Å². The Morgan fingerprint density at radius 1 is 1.50 bits per heavy atom. The van der Waals surface area contributed by atoms with Crippen LogP contribution in [-0.4, -0.2) is 12.1 Å². The average Bonchev–Trinajstić information content (AvgIpc) is 2.43. The van der Waals surface area contributed by atoms with Crippen LogP contribution >= 0.6 is 0 Å². The summed E-state index contributed by atoms with van der Waals surface area (Å²) in [7, 11) is 0. The van der Waals surface area contributed by atoms with E-state index in [0.717, 1.165) is 19.3 Å². The monoisotopic (exact) mass is 170 g/mol. The highest BCUT2D eigenvalue weighted by Gasteiger charge is 2.32. The van der Waals surface area contributed by atoms with Crippen molar-refractivity contribution in [1.29, 1.82) is 0 Å². The first-order valence-electron chi connectivity index (χ1n) is 4.98. The first-order chi connectivity index (χ1) is 5.77. The Morgan fingerprint density at radius 3 is 2.75 bits per heavy atom. The maximum atomic E-state index is 11.2. The number of unbranched alkanes of at least 4 members (excludes halogenated alkanes) is 1. The molecule has 1 saturated heterocycles. The minimum atomic E-state index is 0.0265. The Morgan fingerprint density at radius 2 is 2.25 bits per heavy atom. The number of carbonyl (C=O) groups excluding carboxylic acids is 1. The smallest absolute Gasteiger partial charge is 0.309 e. The molecule has 2 atom stereocenters. The summed E-state index contributed by atoms with van der Waals surface area (Å²) in [5, 5.41) is 0. The Bertz CT molecular complexity index is 154. The van der Waals surface area contributed by atoms with Gasteiger partial charge in [-0.05, 0) is 19.3 Å². The molecular weight excluding hydrogens is 152 g/mol. The van der Waals surface area contributed by atoms with Crippen molar-refractivity contribution in [3.63, 3.8) is 0 Å². The molecule has 0 aromatic heterocycles. The second kappa shape index (κ2) is 4.48. The van der Waals surface area contributed by atoms with E-state index < -0.39 is 0 Å². The molecule has 12 heavy (non-hydrogen) atoms. The molecule has 2 nitrogen and oxygen atoms in total. The minimum absolute atomic E-state index is 0.0265. The second-order valence-electron chi connectivity index (χ2n) is 3.54. The lowest BCUT2D eigenvalue weighted by Gasteiger charge is -2.06. The van der Waals surface area contributed by atoms with Gasteiger partial charge in [0, 0.05) is 0 Å². The lowest BCUT2D eigenvalue weighted by atomic mass is 10.00. The van der Waals surface area contributed by atoms with Crippen LogP contribution in [0.2, 0.25) is 0 Å². The molecule has 1 aliphatic heterocycles. The third kappa shape index (κ3) is 2.23. The van der Waals surface area contributed by atoms with Gasteiger partial charge in [0.15, 0.2) is 0 Å². The Balaban J connectivity index is 2.28. The molecule has 2 unspecified atom stereocenters. The number of carbonyl (C=O) groups is 1. The number of rotatable bonds is 4. The molecule has 1 fully saturated rings. The Hall–Kier alpha value is -0.530. The van der Waals surface area contributed by atoms with Crippen LogP contribution in [0.5, 0.6) is 0 Å². The minimum Gasteiger partial charge on any atom is -0.462 e. The van der Waals surface area contributed by atoms with Gasteiger partial charge in [-0.25, -0.2) is 0 Å². The van der Waals surface area contributed by atoms with Crippen molar-refractivity contribution < 1.29 is 9.53 Å². The molecule has 70 valence electrons. The third-order valence-corrected chi connectivity index (χ3v) is 2.54. The maximum absolute atomic E-state index is 11.2. The third-order valence-electron chi connectivity index (χ3n) is 2.54. The zero-order valence-corrected chi connectivity index (χ0v) is 8.01. The van der Waals surface area contributed by atoms with Gasteiger partial charge in [0.1, 0.15) is 6.10 Å². The van der Waals surface area contributed by atoms with E-state index in [9.17, 15) is 4.79 Å². The summed E-state index contributed by atoms with van der Waals surface area (Å²) in [6.07, 6.45) is 5.52. The number of hydrogen-bond acceptors (Lipinski definition) is 2. The second-order valence-corrected chi connectivity index (χ2v) is 3.54. The first kappa shape index (κ1) is 9.56. The first-order valence-corrected chi connectivity index (χ1v) is 4.98. The fraction of sp³-hybridized carbons (Fsp3) is 0.900. The van der Waals surface area contributed by atoms with Crippen molar-refractivity contribution in [3.8, 4) is 0 Å². The number of ether oxygens (including phenoxy) is 1. The van der Waals surface area contributed by atoms with Crippen LogP contribution in [0.4, 0.5) is 0 Å². The highest BCUT2D eigenvalue weighted by Crippen LogP contribution is 2.26. The lowest BCUT2D eigenvalue weighted by molar-refractivity contribution is -0.144. The molecule has 0 aromatic rings. The summed E-state index contributed by atoms with van der Waals surface area (Å²) in [6.45, 7) is 4.21. The van der Waals surface area contributed by atoms with E-state index in [-0.39, 0.29) is 18.0 Å². The molecule has 1 rings (SSSR count). The van der Waals surface area contributed by atoms with Crippen LogP contribution in [0.1, 0.15) is 46.0 Å². The van der Waals surface area contributed by atoms with Crippen molar-refractivity contribution >= 4 is 5.97 Å². The SMILES string of the molecule is CCCCC1CC(CC)C(=O)O1. The fourth-order valence-corrected chi connectivity index (χ4v) is 1.66. The van der Waals surface area contributed by atoms with Gasteiger partial charge in [-0.2, -0.15) is 0 Å². The molecule has 0 N–H and O–H groups in total. The van der Waals surface area contributed by atoms with Gasteiger partial charge in [0.05, 0.1) is 5.92 Å². The molecule has 0 radical (unpaired) electrons. The van der Waals surface area contributed by atoms with E-state index in [1.165, 1.54) is 12.8 Å². The van der Waals surface area contributed by atoms with E-state index in [1.807, 2.05) is 6.92 Å². The van der Waals surface area contributed by atoms with Gasteiger partial charge in [0.25, 0.3) is 0 Å². The van der Waals surface area contributed by atoms with Crippen LogP contribution in [0, 0.1) is 5.92 Å². The molecule has 0 bridgehead atoms. The predicted octanol–water partition coefficient (Wildman–Crippen LogP) is 2.52. The molecular formula is C10H18O2. The standard InChI is InChI=1S/C10H18O2/c1-3-5-6-9-7-8(4-2)10(11)12-9/h8-9H,3-7H2,1-2H3. The van der Waals surface area contributed by atoms with Crippen molar-refractivity contribution in [1.82, 2.24) is 0 Å². The largest absolute Gasteiger partial charge is 0.462 e. The van der Waals surface area contributed by atoms with Crippen LogP contribution in [0.15, 0.2) is 0 Å². The van der Waals surface area contributed by atoms with Crippen LogP contribution < -0.4 is 0 Å². The molecule has 0 aliphatic carbocycles. The summed E-state index contributed by atoms with van der Waals surface area (Å²) >= 11 is 0.